The Morgan fingerprint density at radius 1 is 1.12 bits per heavy atom. The molecule has 25 heavy (non-hydrogen) atoms. The highest BCUT2D eigenvalue weighted by molar-refractivity contribution is 9.10. The largest absolute Gasteiger partial charge is 0.496 e. The van der Waals surface area contributed by atoms with E-state index in [-0.39, 0.29) is 17.7 Å². The van der Waals surface area contributed by atoms with E-state index in [2.05, 4.69) is 26.6 Å². The van der Waals surface area contributed by atoms with E-state index in [0.29, 0.717) is 17.0 Å². The summed E-state index contributed by atoms with van der Waals surface area (Å²) in [5, 5.41) is 5.83. The van der Waals surface area contributed by atoms with Crippen molar-refractivity contribution in [2.75, 3.05) is 17.7 Å². The Balaban J connectivity index is 1.81. The molecular weight excluding hydrogens is 384 g/mol. The third-order valence-corrected chi connectivity index (χ3v) is 4.69. The number of amides is 2. The number of carbonyl (C=O) groups excluding carboxylic acids is 2. The van der Waals surface area contributed by atoms with E-state index in [4.69, 9.17) is 4.74 Å². The summed E-state index contributed by atoms with van der Waals surface area (Å²) >= 11 is 3.37. The number of halogens is 1. The Hall–Kier alpha value is -2.34. The smallest absolute Gasteiger partial charge is 0.259 e. The zero-order valence-corrected chi connectivity index (χ0v) is 15.6. The van der Waals surface area contributed by atoms with Crippen LogP contribution in [-0.4, -0.2) is 18.9 Å². The predicted octanol–water partition coefficient (Wildman–Crippen LogP) is 4.37. The first kappa shape index (κ1) is 17.5. The molecular formula is C19H19BrN2O3. The Morgan fingerprint density at radius 3 is 2.44 bits per heavy atom. The SMILES string of the molecule is COc1ccc(Br)cc1C(=O)Nc1cccc(NC(=O)C2CC2)c1C. The first-order valence-corrected chi connectivity index (χ1v) is 8.84. The molecule has 1 aliphatic rings. The fourth-order valence-corrected chi connectivity index (χ4v) is 2.90. The van der Waals surface area contributed by atoms with Gasteiger partial charge in [0, 0.05) is 21.8 Å². The molecule has 2 N–H and O–H groups in total. The van der Waals surface area contributed by atoms with Crippen LogP contribution in [0.1, 0.15) is 28.8 Å². The monoisotopic (exact) mass is 402 g/mol. The molecule has 0 bridgehead atoms. The molecule has 5 nitrogen and oxygen atoms in total. The lowest BCUT2D eigenvalue weighted by atomic mass is 10.1. The molecule has 3 rings (SSSR count). The van der Waals surface area contributed by atoms with Crippen molar-refractivity contribution in [1.29, 1.82) is 0 Å². The van der Waals surface area contributed by atoms with Crippen molar-refractivity contribution in [3.63, 3.8) is 0 Å². The number of benzene rings is 2. The lowest BCUT2D eigenvalue weighted by molar-refractivity contribution is -0.117. The molecule has 2 amide bonds. The van der Waals surface area contributed by atoms with Gasteiger partial charge in [-0.2, -0.15) is 0 Å². The minimum Gasteiger partial charge on any atom is -0.496 e. The van der Waals surface area contributed by atoms with Crippen molar-refractivity contribution in [2.45, 2.75) is 19.8 Å². The maximum atomic E-state index is 12.7. The first-order valence-electron chi connectivity index (χ1n) is 8.05. The van der Waals surface area contributed by atoms with Crippen molar-refractivity contribution in [1.82, 2.24) is 0 Å². The Labute approximate surface area is 154 Å². The summed E-state index contributed by atoms with van der Waals surface area (Å²) < 4.78 is 6.05. The van der Waals surface area contributed by atoms with E-state index in [0.717, 1.165) is 28.6 Å². The molecule has 0 spiro atoms. The van der Waals surface area contributed by atoms with Gasteiger partial charge in [-0.3, -0.25) is 9.59 Å². The van der Waals surface area contributed by atoms with Crippen LogP contribution in [0.25, 0.3) is 0 Å². The van der Waals surface area contributed by atoms with Gasteiger partial charge in [0.1, 0.15) is 5.75 Å². The molecule has 130 valence electrons. The lowest BCUT2D eigenvalue weighted by Crippen LogP contribution is -2.17. The van der Waals surface area contributed by atoms with Gasteiger partial charge in [0.05, 0.1) is 12.7 Å². The molecule has 0 atom stereocenters. The van der Waals surface area contributed by atoms with Crippen LogP contribution in [0, 0.1) is 12.8 Å². The highest BCUT2D eigenvalue weighted by Crippen LogP contribution is 2.32. The average molecular weight is 403 g/mol. The molecule has 0 aliphatic heterocycles. The standard InChI is InChI=1S/C19H19BrN2O3/c1-11-15(21-18(23)12-6-7-12)4-3-5-16(11)22-19(24)14-10-13(20)8-9-17(14)25-2/h3-5,8-10,12H,6-7H2,1-2H3,(H,21,23)(H,22,24). The molecule has 1 aliphatic carbocycles. The maximum absolute atomic E-state index is 12.7. The molecule has 0 radical (unpaired) electrons. The van der Waals surface area contributed by atoms with Crippen molar-refractivity contribution >= 4 is 39.1 Å². The Kier molecular flexibility index (Phi) is 5.08. The predicted molar refractivity (Wildman–Crippen MR) is 101 cm³/mol. The van der Waals surface area contributed by atoms with Crippen LogP contribution >= 0.6 is 15.9 Å². The highest BCUT2D eigenvalue weighted by Gasteiger charge is 2.29. The van der Waals surface area contributed by atoms with Gasteiger partial charge in [0.2, 0.25) is 5.91 Å². The summed E-state index contributed by atoms with van der Waals surface area (Å²) in [6.45, 7) is 1.87. The molecule has 1 fully saturated rings. The number of carbonyl (C=O) groups is 2. The van der Waals surface area contributed by atoms with Crippen molar-refractivity contribution in [3.8, 4) is 5.75 Å². The number of nitrogens with one attached hydrogen (secondary N) is 2. The van der Waals surface area contributed by atoms with Gasteiger partial charge < -0.3 is 15.4 Å². The van der Waals surface area contributed by atoms with Crippen molar-refractivity contribution < 1.29 is 14.3 Å². The topological polar surface area (TPSA) is 67.4 Å². The van der Waals surface area contributed by atoms with Gasteiger partial charge in [0.25, 0.3) is 5.91 Å². The summed E-state index contributed by atoms with van der Waals surface area (Å²) in [5.74, 6) is 0.396. The Morgan fingerprint density at radius 2 is 1.80 bits per heavy atom. The van der Waals surface area contributed by atoms with E-state index in [9.17, 15) is 9.59 Å². The van der Waals surface area contributed by atoms with Gasteiger partial charge in [0.15, 0.2) is 0 Å². The van der Waals surface area contributed by atoms with Gasteiger partial charge >= 0.3 is 0 Å². The summed E-state index contributed by atoms with van der Waals surface area (Å²) in [7, 11) is 1.53. The zero-order valence-electron chi connectivity index (χ0n) is 14.1. The third-order valence-electron chi connectivity index (χ3n) is 4.19. The summed E-state index contributed by atoms with van der Waals surface area (Å²) in [5.41, 5.74) is 2.62. The quantitative estimate of drug-likeness (QED) is 0.779. The van der Waals surface area contributed by atoms with E-state index in [1.54, 1.807) is 12.1 Å². The van der Waals surface area contributed by atoms with Crippen LogP contribution in [0.5, 0.6) is 5.75 Å². The van der Waals surface area contributed by atoms with Gasteiger partial charge in [-0.25, -0.2) is 0 Å². The second kappa shape index (κ2) is 7.27. The summed E-state index contributed by atoms with van der Waals surface area (Å²) in [4.78, 5) is 24.6. The van der Waals surface area contributed by atoms with Gasteiger partial charge in [-0.05, 0) is 55.7 Å². The Bertz CT molecular complexity index is 831. The number of hydrogen-bond acceptors (Lipinski definition) is 3. The van der Waals surface area contributed by atoms with Crippen LogP contribution in [-0.2, 0) is 4.79 Å². The molecule has 1 saturated carbocycles. The minimum atomic E-state index is -0.271. The minimum absolute atomic E-state index is 0.0419. The molecule has 0 unspecified atom stereocenters. The molecule has 2 aromatic carbocycles. The van der Waals surface area contributed by atoms with Crippen molar-refractivity contribution in [3.05, 3.63) is 52.0 Å². The number of ether oxygens (including phenoxy) is 1. The van der Waals surface area contributed by atoms with Gasteiger partial charge in [-0.1, -0.05) is 22.0 Å². The lowest BCUT2D eigenvalue weighted by Gasteiger charge is -2.14. The average Bonchev–Trinajstić information content (AvgIpc) is 3.43. The second-order valence-electron chi connectivity index (χ2n) is 6.04. The number of hydrogen-bond donors (Lipinski definition) is 2. The number of anilines is 2. The van der Waals surface area contributed by atoms with E-state index in [1.165, 1.54) is 7.11 Å². The number of methoxy groups -OCH3 is 1. The van der Waals surface area contributed by atoms with Crippen LogP contribution in [0.15, 0.2) is 40.9 Å². The second-order valence-corrected chi connectivity index (χ2v) is 6.96. The molecule has 6 heteroatoms. The molecule has 0 heterocycles. The highest BCUT2D eigenvalue weighted by atomic mass is 79.9. The zero-order chi connectivity index (χ0) is 18.0. The van der Waals surface area contributed by atoms with E-state index >= 15 is 0 Å². The normalized spacial score (nSPS) is 13.2. The van der Waals surface area contributed by atoms with Crippen LogP contribution < -0.4 is 15.4 Å². The number of rotatable bonds is 5. The van der Waals surface area contributed by atoms with E-state index < -0.39 is 0 Å². The van der Waals surface area contributed by atoms with Crippen molar-refractivity contribution in [2.24, 2.45) is 5.92 Å². The van der Waals surface area contributed by atoms with Gasteiger partial charge in [-0.15, -0.1) is 0 Å². The first-order chi connectivity index (χ1) is 12.0. The van der Waals surface area contributed by atoms with Crippen LogP contribution in [0.2, 0.25) is 0 Å². The maximum Gasteiger partial charge on any atom is 0.259 e. The fraction of sp³-hybridized carbons (Fsp3) is 0.263. The molecule has 0 saturated heterocycles. The summed E-state index contributed by atoms with van der Waals surface area (Å²) in [6.07, 6.45) is 1.90. The molecule has 0 aromatic heterocycles. The summed E-state index contributed by atoms with van der Waals surface area (Å²) in [6, 6.07) is 10.7. The third kappa shape index (κ3) is 4.02. The van der Waals surface area contributed by atoms with E-state index in [1.807, 2.05) is 31.2 Å². The molecule has 2 aromatic rings. The fourth-order valence-electron chi connectivity index (χ4n) is 2.53. The van der Waals surface area contributed by atoms with Crippen LogP contribution in [0.4, 0.5) is 11.4 Å². The van der Waals surface area contributed by atoms with Crippen LogP contribution in [0.3, 0.4) is 0 Å².